The predicted octanol–water partition coefficient (Wildman–Crippen LogP) is 7.93. The van der Waals surface area contributed by atoms with Gasteiger partial charge in [0.1, 0.15) is 29.8 Å². The Balaban J connectivity index is 1.58. The molecule has 0 saturated heterocycles. The van der Waals surface area contributed by atoms with Crippen LogP contribution in [0.2, 0.25) is 5.02 Å². The van der Waals surface area contributed by atoms with Crippen LogP contribution in [0.3, 0.4) is 0 Å². The first-order chi connectivity index (χ1) is 15.5. The lowest BCUT2D eigenvalue weighted by molar-refractivity contribution is 0.361. The van der Waals surface area contributed by atoms with Gasteiger partial charge in [-0.15, -0.1) is 0 Å². The van der Waals surface area contributed by atoms with Crippen molar-refractivity contribution < 1.29 is 17.9 Å². The Morgan fingerprint density at radius 2 is 1.69 bits per heavy atom. The summed E-state index contributed by atoms with van der Waals surface area (Å²) in [6.07, 6.45) is 2.50. The van der Waals surface area contributed by atoms with Crippen molar-refractivity contribution in [3.8, 4) is 16.9 Å². The van der Waals surface area contributed by atoms with Crippen molar-refractivity contribution in [1.82, 2.24) is 0 Å². The molecule has 0 spiro atoms. The summed E-state index contributed by atoms with van der Waals surface area (Å²) in [4.78, 5) is 0. The number of benzene rings is 4. The first-order valence-corrected chi connectivity index (χ1v) is 10.5. The van der Waals surface area contributed by atoms with Gasteiger partial charge in [-0.3, -0.25) is 0 Å². The van der Waals surface area contributed by atoms with Crippen molar-refractivity contribution in [2.24, 2.45) is 0 Å². The van der Waals surface area contributed by atoms with Crippen molar-refractivity contribution in [2.75, 3.05) is 6.61 Å². The molecule has 0 aliphatic rings. The van der Waals surface area contributed by atoms with Crippen LogP contribution in [-0.4, -0.2) is 6.61 Å². The molecular formula is C27H20ClF3O. The zero-order valence-corrected chi connectivity index (χ0v) is 17.9. The summed E-state index contributed by atoms with van der Waals surface area (Å²) in [5.74, 6) is -0.804. The second-order valence-electron chi connectivity index (χ2n) is 7.46. The fourth-order valence-corrected chi connectivity index (χ4v) is 3.76. The lowest BCUT2D eigenvalue weighted by Gasteiger charge is -2.11. The maximum Gasteiger partial charge on any atom is 0.142 e. The molecule has 0 amide bonds. The van der Waals surface area contributed by atoms with Crippen LogP contribution in [0, 0.1) is 17.5 Å². The van der Waals surface area contributed by atoms with Gasteiger partial charge in [0.15, 0.2) is 0 Å². The maximum atomic E-state index is 15.1. The molecule has 0 atom stereocenters. The molecule has 1 nitrogen and oxygen atoms in total. The molecule has 0 N–H and O–H groups in total. The van der Waals surface area contributed by atoms with Crippen LogP contribution in [0.5, 0.6) is 5.75 Å². The van der Waals surface area contributed by atoms with Gasteiger partial charge in [-0.05, 0) is 65.3 Å². The third kappa shape index (κ3) is 4.66. The van der Waals surface area contributed by atoms with Crippen molar-refractivity contribution in [2.45, 2.75) is 12.8 Å². The van der Waals surface area contributed by atoms with Crippen LogP contribution in [0.15, 0.2) is 79.4 Å². The largest absolute Gasteiger partial charge is 0.489 e. The van der Waals surface area contributed by atoms with Gasteiger partial charge in [0, 0.05) is 17.0 Å². The van der Waals surface area contributed by atoms with E-state index in [4.69, 9.17) is 16.3 Å². The second-order valence-corrected chi connectivity index (χ2v) is 7.87. The standard InChI is InChI=1S/C27H20ClF3O/c1-2-13-32-21-9-11-22(25(29)16-21)19-8-10-23-20(15-19)7-6-18(27(23)31)5-3-17-4-12-24(28)26(30)14-17/h2,4,6-12,14-16H,1,3,5,13H2. The number of hydrogen-bond donors (Lipinski definition) is 0. The Bertz CT molecular complexity index is 1300. The summed E-state index contributed by atoms with van der Waals surface area (Å²) in [7, 11) is 0. The maximum absolute atomic E-state index is 15.1. The van der Waals surface area contributed by atoms with E-state index < -0.39 is 11.6 Å². The monoisotopic (exact) mass is 452 g/mol. The van der Waals surface area contributed by atoms with Gasteiger partial charge in [-0.1, -0.05) is 54.6 Å². The molecule has 4 aromatic carbocycles. The molecule has 0 saturated carbocycles. The predicted molar refractivity (Wildman–Crippen MR) is 124 cm³/mol. The quantitative estimate of drug-likeness (QED) is 0.259. The third-order valence-corrected chi connectivity index (χ3v) is 5.63. The van der Waals surface area contributed by atoms with Gasteiger partial charge >= 0.3 is 0 Å². The molecule has 32 heavy (non-hydrogen) atoms. The van der Waals surface area contributed by atoms with E-state index in [9.17, 15) is 8.78 Å². The van der Waals surface area contributed by atoms with E-state index in [1.807, 2.05) is 6.07 Å². The molecule has 5 heteroatoms. The lowest BCUT2D eigenvalue weighted by Crippen LogP contribution is -1.97. The Labute approximate surface area is 189 Å². The van der Waals surface area contributed by atoms with E-state index in [2.05, 4.69) is 6.58 Å². The summed E-state index contributed by atoms with van der Waals surface area (Å²) in [6.45, 7) is 3.86. The number of ether oxygens (including phenoxy) is 1. The van der Waals surface area contributed by atoms with Crippen molar-refractivity contribution in [3.05, 3.63) is 113 Å². The minimum absolute atomic E-state index is 0.0665. The highest BCUT2D eigenvalue weighted by Gasteiger charge is 2.12. The number of rotatable bonds is 7. The van der Waals surface area contributed by atoms with Crippen molar-refractivity contribution in [1.29, 1.82) is 0 Å². The Morgan fingerprint density at radius 3 is 2.44 bits per heavy atom. The van der Waals surface area contributed by atoms with Crippen LogP contribution >= 0.6 is 11.6 Å². The highest BCUT2D eigenvalue weighted by Crippen LogP contribution is 2.31. The smallest absolute Gasteiger partial charge is 0.142 e. The van der Waals surface area contributed by atoms with Gasteiger partial charge < -0.3 is 4.74 Å². The summed E-state index contributed by atoms with van der Waals surface area (Å²) < 4.78 is 48.7. The van der Waals surface area contributed by atoms with Crippen molar-refractivity contribution >= 4 is 22.4 Å². The summed E-state index contributed by atoms with van der Waals surface area (Å²) in [5, 5.41) is 1.20. The van der Waals surface area contributed by atoms with E-state index in [-0.39, 0.29) is 10.8 Å². The molecule has 0 aliphatic heterocycles. The van der Waals surface area contributed by atoms with Crippen LogP contribution < -0.4 is 4.74 Å². The lowest BCUT2D eigenvalue weighted by atomic mass is 9.97. The molecule has 0 bridgehead atoms. The van der Waals surface area contributed by atoms with Crippen LogP contribution in [-0.2, 0) is 12.8 Å². The first-order valence-electron chi connectivity index (χ1n) is 10.1. The second kappa shape index (κ2) is 9.49. The number of aryl methyl sites for hydroxylation is 2. The van der Waals surface area contributed by atoms with Gasteiger partial charge in [0.05, 0.1) is 5.02 Å². The molecule has 4 aromatic rings. The van der Waals surface area contributed by atoms with Gasteiger partial charge in [-0.2, -0.15) is 0 Å². The summed E-state index contributed by atoms with van der Waals surface area (Å²) >= 11 is 5.71. The van der Waals surface area contributed by atoms with E-state index in [1.54, 1.807) is 48.5 Å². The Hall–Kier alpha value is -3.24. The Kier molecular flexibility index (Phi) is 6.52. The summed E-state index contributed by atoms with van der Waals surface area (Å²) in [6, 6.07) is 17.9. The third-order valence-electron chi connectivity index (χ3n) is 5.32. The van der Waals surface area contributed by atoms with E-state index in [0.29, 0.717) is 52.7 Å². The molecule has 0 aliphatic carbocycles. The zero-order chi connectivity index (χ0) is 22.7. The minimum atomic E-state index is -0.483. The molecule has 0 aromatic heterocycles. The molecule has 4 rings (SSSR count). The van der Waals surface area contributed by atoms with E-state index in [1.165, 1.54) is 18.2 Å². The molecule has 0 heterocycles. The first kappa shape index (κ1) is 22.0. The Morgan fingerprint density at radius 1 is 0.844 bits per heavy atom. The molecule has 0 unspecified atom stereocenters. The zero-order valence-electron chi connectivity index (χ0n) is 17.2. The topological polar surface area (TPSA) is 9.23 Å². The van der Waals surface area contributed by atoms with E-state index >= 15 is 4.39 Å². The van der Waals surface area contributed by atoms with Crippen molar-refractivity contribution in [3.63, 3.8) is 0 Å². The highest BCUT2D eigenvalue weighted by atomic mass is 35.5. The minimum Gasteiger partial charge on any atom is -0.489 e. The fourth-order valence-electron chi connectivity index (χ4n) is 3.65. The van der Waals surface area contributed by atoms with Crippen LogP contribution in [0.25, 0.3) is 21.9 Å². The molecular weight excluding hydrogens is 433 g/mol. The summed E-state index contributed by atoms with van der Waals surface area (Å²) in [5.41, 5.74) is 2.34. The average Bonchev–Trinajstić information content (AvgIpc) is 2.79. The fraction of sp³-hybridized carbons (Fsp3) is 0.111. The number of halogens is 4. The average molecular weight is 453 g/mol. The normalized spacial score (nSPS) is 11.0. The van der Waals surface area contributed by atoms with E-state index in [0.717, 1.165) is 5.56 Å². The molecule has 0 radical (unpaired) electrons. The van der Waals surface area contributed by atoms with Gasteiger partial charge in [0.25, 0.3) is 0 Å². The molecule has 0 fully saturated rings. The van der Waals surface area contributed by atoms with Gasteiger partial charge in [-0.25, -0.2) is 13.2 Å². The van der Waals surface area contributed by atoms with Crippen LogP contribution in [0.1, 0.15) is 11.1 Å². The van der Waals surface area contributed by atoms with Crippen LogP contribution in [0.4, 0.5) is 13.2 Å². The number of hydrogen-bond acceptors (Lipinski definition) is 1. The number of fused-ring (bicyclic) bond motifs is 1. The highest BCUT2D eigenvalue weighted by molar-refractivity contribution is 6.30. The SMILES string of the molecule is C=CCOc1ccc(-c2ccc3c(F)c(CCc4ccc(Cl)c(F)c4)ccc3c2)c(F)c1. The molecule has 162 valence electrons. The van der Waals surface area contributed by atoms with Gasteiger partial charge in [0.2, 0.25) is 0 Å².